The first-order valence-electron chi connectivity index (χ1n) is 14.0. The van der Waals surface area contributed by atoms with Crippen molar-refractivity contribution in [2.45, 2.75) is 25.4 Å². The van der Waals surface area contributed by atoms with Crippen molar-refractivity contribution >= 4 is 23.0 Å². The monoisotopic (exact) mass is 575 g/mol. The first-order chi connectivity index (χ1) is 20.4. The Hall–Kier alpha value is -4.38. The summed E-state index contributed by atoms with van der Waals surface area (Å²) in [4.78, 5) is 18.9. The van der Waals surface area contributed by atoms with E-state index >= 15 is 13.2 Å². The molecule has 0 amide bonds. The maximum atomic E-state index is 15.2. The average Bonchev–Trinajstić information content (AvgIpc) is 2.99. The third kappa shape index (κ3) is 5.82. The highest BCUT2D eigenvalue weighted by Crippen LogP contribution is 2.39. The van der Waals surface area contributed by atoms with Crippen molar-refractivity contribution in [2.75, 3.05) is 55.5 Å². The third-order valence-electron chi connectivity index (χ3n) is 7.81. The molecule has 0 unspecified atom stereocenters. The second-order valence-corrected chi connectivity index (χ2v) is 10.8. The predicted octanol–water partition coefficient (Wildman–Crippen LogP) is 5.63. The maximum absolute atomic E-state index is 15.2. The number of fused-ring (bicyclic) bond motifs is 1. The molecule has 0 spiro atoms. The summed E-state index contributed by atoms with van der Waals surface area (Å²) in [5.41, 5.74) is 2.41. The molecule has 11 heteroatoms. The molecule has 0 atom stereocenters. The van der Waals surface area contributed by atoms with Crippen molar-refractivity contribution in [3.8, 4) is 17.0 Å². The van der Waals surface area contributed by atoms with E-state index in [9.17, 15) is 0 Å². The van der Waals surface area contributed by atoms with Crippen LogP contribution in [0.4, 0.5) is 36.2 Å². The van der Waals surface area contributed by atoms with Gasteiger partial charge in [0.2, 0.25) is 5.95 Å². The molecule has 8 nitrogen and oxygen atoms in total. The number of hydrogen-bond donors (Lipinski definition) is 1. The molecule has 4 heterocycles. The number of piperidine rings is 1. The highest BCUT2D eigenvalue weighted by Gasteiger charge is 2.25. The fraction of sp³-hybridized carbons (Fsp3) is 0.323. The third-order valence-corrected chi connectivity index (χ3v) is 7.81. The van der Waals surface area contributed by atoms with Crippen molar-refractivity contribution in [3.05, 3.63) is 84.1 Å². The molecule has 6 rings (SSSR count). The zero-order valence-corrected chi connectivity index (χ0v) is 23.5. The highest BCUT2D eigenvalue weighted by molar-refractivity contribution is 5.73. The Morgan fingerprint density at radius 1 is 0.929 bits per heavy atom. The molecule has 42 heavy (non-hydrogen) atoms. The predicted molar refractivity (Wildman–Crippen MR) is 157 cm³/mol. The van der Waals surface area contributed by atoms with Crippen molar-refractivity contribution in [1.29, 1.82) is 0 Å². The van der Waals surface area contributed by atoms with Crippen molar-refractivity contribution in [2.24, 2.45) is 0 Å². The largest absolute Gasteiger partial charge is 0.486 e. The molecule has 2 aliphatic rings. The van der Waals surface area contributed by atoms with E-state index in [0.29, 0.717) is 42.8 Å². The number of hydrogen-bond acceptors (Lipinski definition) is 8. The first-order valence-corrected chi connectivity index (χ1v) is 14.0. The van der Waals surface area contributed by atoms with Crippen LogP contribution in [0.25, 0.3) is 11.3 Å². The smallest absolute Gasteiger partial charge is 0.227 e. The molecule has 0 bridgehead atoms. The maximum Gasteiger partial charge on any atom is 0.227 e. The van der Waals surface area contributed by atoms with Crippen LogP contribution in [0.5, 0.6) is 5.75 Å². The van der Waals surface area contributed by atoms with Crippen LogP contribution in [0, 0.1) is 17.5 Å². The summed E-state index contributed by atoms with van der Waals surface area (Å²) in [6, 6.07) is 13.8. The minimum Gasteiger partial charge on any atom is -0.486 e. The Labute approximate surface area is 242 Å². The van der Waals surface area contributed by atoms with Crippen LogP contribution in [-0.2, 0) is 6.54 Å². The van der Waals surface area contributed by atoms with Crippen LogP contribution >= 0.6 is 0 Å². The molecule has 2 aromatic carbocycles. The van der Waals surface area contributed by atoms with Gasteiger partial charge < -0.3 is 24.8 Å². The lowest BCUT2D eigenvalue weighted by Gasteiger charge is -2.36. The van der Waals surface area contributed by atoms with E-state index in [1.54, 1.807) is 24.4 Å². The number of halogens is 3. The van der Waals surface area contributed by atoms with E-state index in [0.717, 1.165) is 37.8 Å². The molecule has 2 aromatic heterocycles. The number of ether oxygens (including phenoxy) is 1. The molecule has 1 saturated heterocycles. The number of aromatic nitrogens is 3. The molecular weight excluding hydrogens is 543 g/mol. The quantitative estimate of drug-likeness (QED) is 0.304. The molecular formula is C31H32F3N7O. The van der Waals surface area contributed by atoms with Gasteiger partial charge in [-0.2, -0.15) is 0 Å². The first kappa shape index (κ1) is 27.8. The van der Waals surface area contributed by atoms with E-state index in [2.05, 4.69) is 44.2 Å². The lowest BCUT2D eigenvalue weighted by molar-refractivity contribution is 0.249. The molecule has 1 N–H and O–H groups in total. The van der Waals surface area contributed by atoms with Gasteiger partial charge in [0.25, 0.3) is 0 Å². The molecule has 0 saturated carbocycles. The molecule has 218 valence electrons. The van der Waals surface area contributed by atoms with E-state index in [4.69, 9.17) is 4.74 Å². The van der Waals surface area contributed by atoms with Gasteiger partial charge in [0.05, 0.1) is 36.4 Å². The summed E-state index contributed by atoms with van der Waals surface area (Å²) < 4.78 is 51.0. The van der Waals surface area contributed by atoms with Crippen LogP contribution in [0.1, 0.15) is 18.5 Å². The van der Waals surface area contributed by atoms with Crippen molar-refractivity contribution < 1.29 is 17.9 Å². The van der Waals surface area contributed by atoms with Crippen molar-refractivity contribution in [1.82, 2.24) is 19.9 Å². The van der Waals surface area contributed by atoms with Crippen molar-refractivity contribution in [3.63, 3.8) is 0 Å². The van der Waals surface area contributed by atoms with Gasteiger partial charge in [-0.1, -0.05) is 6.07 Å². The lowest BCUT2D eigenvalue weighted by atomic mass is 10.0. The molecule has 2 aliphatic heterocycles. The van der Waals surface area contributed by atoms with Crippen LogP contribution in [0.15, 0.2) is 60.9 Å². The number of anilines is 4. The zero-order chi connectivity index (χ0) is 29.2. The summed E-state index contributed by atoms with van der Waals surface area (Å²) in [5, 5.41) is 2.96. The van der Waals surface area contributed by atoms with Gasteiger partial charge in [-0.3, -0.25) is 4.98 Å². The average molecular weight is 576 g/mol. The van der Waals surface area contributed by atoms with E-state index < -0.39 is 11.6 Å². The Morgan fingerprint density at radius 2 is 1.76 bits per heavy atom. The van der Waals surface area contributed by atoms with E-state index in [1.165, 1.54) is 12.1 Å². The van der Waals surface area contributed by atoms with Gasteiger partial charge in [-0.05, 0) is 69.4 Å². The Balaban J connectivity index is 1.23. The summed E-state index contributed by atoms with van der Waals surface area (Å²) in [6.07, 6.45) is 4.65. The molecule has 1 fully saturated rings. The standard InChI is InChI=1S/C31H32F3N7O/c1-39(2)23-8-11-40(12-9-23)27-7-6-21(17-24(27)32)37-31-36-18-26(34)29(38-31)20-15-25(33)30-28(16-20)41(13-14-42-30)19-22-5-3-4-10-35-22/h3-7,10,15-18,23H,8-9,11-14,19H2,1-2H3,(H,36,37,38). The Kier molecular flexibility index (Phi) is 7.84. The van der Waals surface area contributed by atoms with E-state index in [1.807, 2.05) is 23.1 Å². The number of rotatable bonds is 7. The number of pyridine rings is 1. The lowest BCUT2D eigenvalue weighted by Crippen LogP contribution is -2.42. The summed E-state index contributed by atoms with van der Waals surface area (Å²) in [7, 11) is 4.14. The Bertz CT molecular complexity index is 1560. The fourth-order valence-corrected chi connectivity index (χ4v) is 5.55. The number of benzene rings is 2. The fourth-order valence-electron chi connectivity index (χ4n) is 5.55. The molecule has 4 aromatic rings. The molecule has 0 radical (unpaired) electrons. The summed E-state index contributed by atoms with van der Waals surface area (Å²) in [6.45, 7) is 2.82. The van der Waals surface area contributed by atoms with Crippen LogP contribution < -0.4 is 19.9 Å². The minimum absolute atomic E-state index is 0.0602. The minimum atomic E-state index is -0.712. The van der Waals surface area contributed by atoms with Gasteiger partial charge in [0.1, 0.15) is 18.1 Å². The van der Waals surface area contributed by atoms with Crippen LogP contribution in [0.2, 0.25) is 0 Å². The van der Waals surface area contributed by atoms with Crippen LogP contribution in [-0.4, -0.2) is 66.2 Å². The summed E-state index contributed by atoms with van der Waals surface area (Å²) in [5.74, 6) is -1.53. The van der Waals surface area contributed by atoms with Gasteiger partial charge in [-0.15, -0.1) is 0 Å². The number of nitrogens with zero attached hydrogens (tertiary/aromatic N) is 6. The zero-order valence-electron chi connectivity index (χ0n) is 23.5. The second kappa shape index (κ2) is 11.8. The SMILES string of the molecule is CN(C)C1CCN(c2ccc(Nc3ncc(F)c(-c4cc(F)c5c(c4)N(Cc4ccccn4)CCO5)n3)cc2F)CC1. The van der Waals surface area contributed by atoms with Gasteiger partial charge in [0.15, 0.2) is 17.4 Å². The van der Waals surface area contributed by atoms with Gasteiger partial charge in [-0.25, -0.2) is 23.1 Å². The summed E-state index contributed by atoms with van der Waals surface area (Å²) >= 11 is 0. The number of nitrogens with one attached hydrogen (secondary N) is 1. The second-order valence-electron chi connectivity index (χ2n) is 10.8. The van der Waals surface area contributed by atoms with E-state index in [-0.39, 0.29) is 28.8 Å². The topological polar surface area (TPSA) is 69.7 Å². The van der Waals surface area contributed by atoms with Gasteiger partial charge in [0, 0.05) is 36.6 Å². The normalized spacial score (nSPS) is 15.5. The highest BCUT2D eigenvalue weighted by atomic mass is 19.1. The van der Waals surface area contributed by atoms with Crippen LogP contribution in [0.3, 0.4) is 0 Å². The van der Waals surface area contributed by atoms with Gasteiger partial charge >= 0.3 is 0 Å². The molecule has 0 aliphatic carbocycles. The Morgan fingerprint density at radius 3 is 2.50 bits per heavy atom.